The first-order valence-electron chi connectivity index (χ1n) is 3.35. The first kappa shape index (κ1) is 9.21. The summed E-state index contributed by atoms with van der Waals surface area (Å²) in [5.41, 5.74) is 0. The molecule has 0 rings (SSSR count). The highest BCUT2D eigenvalue weighted by atomic mass is 16.5. The van der Waals surface area contributed by atoms with Gasteiger partial charge >= 0.3 is 0 Å². The lowest BCUT2D eigenvalue weighted by atomic mass is 10.1. The van der Waals surface area contributed by atoms with Crippen LogP contribution in [-0.2, 0) is 9.53 Å². The quantitative estimate of drug-likeness (QED) is 0.559. The molecule has 0 atom stereocenters. The second-order valence-electron chi connectivity index (χ2n) is 2.61. The van der Waals surface area contributed by atoms with Crippen LogP contribution >= 0.6 is 0 Å². The summed E-state index contributed by atoms with van der Waals surface area (Å²) in [7, 11) is 0. The van der Waals surface area contributed by atoms with Gasteiger partial charge in [-0.2, -0.15) is 0 Å². The van der Waals surface area contributed by atoms with Crippen LogP contribution in [-0.4, -0.2) is 12.4 Å². The average molecular weight is 142 g/mol. The van der Waals surface area contributed by atoms with Crippen LogP contribution in [0.25, 0.3) is 0 Å². The Hall–Kier alpha value is -0.790. The first-order chi connectivity index (χ1) is 4.54. The van der Waals surface area contributed by atoms with E-state index in [0.717, 1.165) is 0 Å². The van der Waals surface area contributed by atoms with Crippen LogP contribution in [0.15, 0.2) is 12.3 Å². The molecule has 0 aliphatic rings. The first-order valence-corrected chi connectivity index (χ1v) is 3.35. The molecule has 0 aromatic rings. The number of hydrogen-bond acceptors (Lipinski definition) is 2. The Morgan fingerprint density at radius 3 is 2.40 bits per heavy atom. The standard InChI is InChI=1S/C8H14O2/c1-6(2)8(9)5-10-7(3)4/h6H,3,5H2,1-2,4H3. The predicted octanol–water partition coefficient (Wildman–Crippen LogP) is 1.76. The maximum atomic E-state index is 10.9. The van der Waals surface area contributed by atoms with Crippen molar-refractivity contribution in [2.75, 3.05) is 6.61 Å². The number of Topliss-reactive ketones (excluding diaryl/α,β-unsaturated/α-hetero) is 1. The van der Waals surface area contributed by atoms with E-state index in [1.165, 1.54) is 0 Å². The minimum absolute atomic E-state index is 0.0550. The number of ether oxygens (including phenoxy) is 1. The van der Waals surface area contributed by atoms with Crippen molar-refractivity contribution in [1.82, 2.24) is 0 Å². The van der Waals surface area contributed by atoms with E-state index >= 15 is 0 Å². The van der Waals surface area contributed by atoms with Crippen molar-refractivity contribution in [3.05, 3.63) is 12.3 Å². The van der Waals surface area contributed by atoms with Gasteiger partial charge in [0.25, 0.3) is 0 Å². The Bertz CT molecular complexity index is 136. The third-order valence-electron chi connectivity index (χ3n) is 1.10. The summed E-state index contributed by atoms with van der Waals surface area (Å²) in [6, 6.07) is 0. The molecule has 0 amide bonds. The second kappa shape index (κ2) is 4.09. The molecule has 0 fully saturated rings. The SMILES string of the molecule is C=C(C)OCC(=O)C(C)C. The van der Waals surface area contributed by atoms with Gasteiger partial charge in [-0.25, -0.2) is 0 Å². The van der Waals surface area contributed by atoms with E-state index in [9.17, 15) is 4.79 Å². The van der Waals surface area contributed by atoms with Gasteiger partial charge in [0.05, 0.1) is 5.76 Å². The van der Waals surface area contributed by atoms with Crippen LogP contribution in [0.4, 0.5) is 0 Å². The number of carbonyl (C=O) groups is 1. The van der Waals surface area contributed by atoms with Crippen molar-refractivity contribution in [3.63, 3.8) is 0 Å². The minimum atomic E-state index is 0.0550. The molecule has 2 nitrogen and oxygen atoms in total. The summed E-state index contributed by atoms with van der Waals surface area (Å²) >= 11 is 0. The lowest BCUT2D eigenvalue weighted by molar-refractivity contribution is -0.125. The van der Waals surface area contributed by atoms with E-state index in [1.54, 1.807) is 6.92 Å². The summed E-state index contributed by atoms with van der Waals surface area (Å²) in [5, 5.41) is 0. The molecule has 0 aromatic heterocycles. The Labute approximate surface area is 61.9 Å². The second-order valence-corrected chi connectivity index (χ2v) is 2.61. The van der Waals surface area contributed by atoms with Crippen LogP contribution in [0.3, 0.4) is 0 Å². The molecule has 0 unspecified atom stereocenters. The fourth-order valence-electron chi connectivity index (χ4n) is 0.361. The van der Waals surface area contributed by atoms with Crippen LogP contribution in [0, 0.1) is 5.92 Å². The molecule has 0 spiro atoms. The van der Waals surface area contributed by atoms with Crippen molar-refractivity contribution in [2.24, 2.45) is 5.92 Å². The van der Waals surface area contributed by atoms with Crippen molar-refractivity contribution < 1.29 is 9.53 Å². The van der Waals surface area contributed by atoms with Crippen LogP contribution in [0.2, 0.25) is 0 Å². The number of hydrogen-bond donors (Lipinski definition) is 0. The maximum absolute atomic E-state index is 10.9. The molecule has 2 heteroatoms. The lowest BCUT2D eigenvalue weighted by Gasteiger charge is -2.05. The van der Waals surface area contributed by atoms with E-state index in [-0.39, 0.29) is 18.3 Å². The summed E-state index contributed by atoms with van der Waals surface area (Å²) in [6.07, 6.45) is 0. The molecule has 0 saturated carbocycles. The van der Waals surface area contributed by atoms with E-state index in [1.807, 2.05) is 13.8 Å². The van der Waals surface area contributed by atoms with Gasteiger partial charge in [-0.3, -0.25) is 4.79 Å². The summed E-state index contributed by atoms with van der Waals surface area (Å²) in [6.45, 7) is 9.10. The third kappa shape index (κ3) is 4.13. The van der Waals surface area contributed by atoms with Gasteiger partial charge in [-0.05, 0) is 6.92 Å². The number of rotatable bonds is 4. The smallest absolute Gasteiger partial charge is 0.172 e. The van der Waals surface area contributed by atoms with Gasteiger partial charge in [0.2, 0.25) is 0 Å². The fraction of sp³-hybridized carbons (Fsp3) is 0.625. The van der Waals surface area contributed by atoms with Crippen molar-refractivity contribution in [2.45, 2.75) is 20.8 Å². The molecule has 0 aliphatic carbocycles. The summed E-state index contributed by atoms with van der Waals surface area (Å²) < 4.78 is 4.92. The van der Waals surface area contributed by atoms with Crippen LogP contribution < -0.4 is 0 Å². The Kier molecular flexibility index (Phi) is 3.77. The predicted molar refractivity (Wildman–Crippen MR) is 40.6 cm³/mol. The van der Waals surface area contributed by atoms with E-state index in [2.05, 4.69) is 6.58 Å². The Morgan fingerprint density at radius 1 is 1.60 bits per heavy atom. The fourth-order valence-corrected chi connectivity index (χ4v) is 0.361. The van der Waals surface area contributed by atoms with E-state index < -0.39 is 0 Å². The summed E-state index contributed by atoms with van der Waals surface area (Å²) in [5.74, 6) is 0.761. The van der Waals surface area contributed by atoms with Gasteiger partial charge in [-0.1, -0.05) is 20.4 Å². The normalized spacial score (nSPS) is 9.60. The molecule has 0 N–H and O–H groups in total. The summed E-state index contributed by atoms with van der Waals surface area (Å²) in [4.78, 5) is 10.9. The molecular formula is C8H14O2. The van der Waals surface area contributed by atoms with E-state index in [4.69, 9.17) is 4.74 Å². The molecular weight excluding hydrogens is 128 g/mol. The van der Waals surface area contributed by atoms with Crippen molar-refractivity contribution in [3.8, 4) is 0 Å². The van der Waals surface area contributed by atoms with Crippen molar-refractivity contribution >= 4 is 5.78 Å². The molecule has 0 heterocycles. The van der Waals surface area contributed by atoms with Gasteiger partial charge in [0.15, 0.2) is 5.78 Å². The zero-order chi connectivity index (χ0) is 8.15. The van der Waals surface area contributed by atoms with Gasteiger partial charge in [0, 0.05) is 5.92 Å². The monoisotopic (exact) mass is 142 g/mol. The molecule has 0 radical (unpaired) electrons. The molecule has 0 aromatic carbocycles. The molecule has 0 saturated heterocycles. The molecule has 58 valence electrons. The highest BCUT2D eigenvalue weighted by molar-refractivity contribution is 5.81. The largest absolute Gasteiger partial charge is 0.491 e. The van der Waals surface area contributed by atoms with Crippen molar-refractivity contribution in [1.29, 1.82) is 0 Å². The maximum Gasteiger partial charge on any atom is 0.172 e. The number of allylic oxidation sites excluding steroid dienone is 1. The number of ketones is 1. The zero-order valence-corrected chi connectivity index (χ0v) is 6.81. The highest BCUT2D eigenvalue weighted by Gasteiger charge is 2.06. The van der Waals surface area contributed by atoms with Crippen LogP contribution in [0.5, 0.6) is 0 Å². The Morgan fingerprint density at radius 2 is 2.10 bits per heavy atom. The topological polar surface area (TPSA) is 26.3 Å². The number of carbonyl (C=O) groups excluding carboxylic acids is 1. The van der Waals surface area contributed by atoms with Gasteiger partial charge in [-0.15, -0.1) is 0 Å². The van der Waals surface area contributed by atoms with Gasteiger partial charge in [0.1, 0.15) is 6.61 Å². The zero-order valence-electron chi connectivity index (χ0n) is 6.81. The molecule has 0 bridgehead atoms. The third-order valence-corrected chi connectivity index (χ3v) is 1.10. The average Bonchev–Trinajstić information content (AvgIpc) is 1.82. The highest BCUT2D eigenvalue weighted by Crippen LogP contribution is 1.97. The minimum Gasteiger partial charge on any atom is -0.491 e. The van der Waals surface area contributed by atoms with Gasteiger partial charge < -0.3 is 4.74 Å². The van der Waals surface area contributed by atoms with E-state index in [0.29, 0.717) is 5.76 Å². The van der Waals surface area contributed by atoms with Crippen LogP contribution in [0.1, 0.15) is 20.8 Å². The molecule has 10 heavy (non-hydrogen) atoms. The Balaban J connectivity index is 3.50. The lowest BCUT2D eigenvalue weighted by Crippen LogP contribution is -2.13. The molecule has 0 aliphatic heterocycles.